The predicted octanol–water partition coefficient (Wildman–Crippen LogP) is 5.40. The average Bonchev–Trinajstić information content (AvgIpc) is 3.50. The number of aromatic nitrogens is 2. The normalized spacial score (nSPS) is 17.2. The Bertz CT molecular complexity index is 1360. The summed E-state index contributed by atoms with van der Waals surface area (Å²) in [4.78, 5) is 18.7. The van der Waals surface area contributed by atoms with E-state index in [4.69, 9.17) is 17.0 Å². The molecular formula is C27H24BrN5O2S. The molecule has 2 N–H and O–H groups in total. The molecule has 1 fully saturated rings. The van der Waals surface area contributed by atoms with E-state index in [0.717, 1.165) is 27.2 Å². The first-order chi connectivity index (χ1) is 17.5. The highest BCUT2D eigenvalue weighted by Crippen LogP contribution is 2.42. The Morgan fingerprint density at radius 3 is 2.50 bits per heavy atom. The van der Waals surface area contributed by atoms with Crippen LogP contribution in [-0.2, 0) is 9.53 Å². The fourth-order valence-corrected chi connectivity index (χ4v) is 5.05. The fourth-order valence-electron chi connectivity index (χ4n) is 4.44. The number of carbonyl (C=O) groups is 1. The number of halogens is 1. The first-order valence-electron chi connectivity index (χ1n) is 11.4. The molecule has 2 atom stereocenters. The van der Waals surface area contributed by atoms with E-state index in [0.29, 0.717) is 10.8 Å². The number of ether oxygens (including phenoxy) is 1. The number of thiocarbonyl (C=S) groups is 1. The standard InChI is InChI=1S/C27H24BrN5O2S/c1-35-17-24(34)30-19-9-13-21(14-10-19)33-26(25(31-27(33)36)22-5-2-3-15-29-22)23-6-4-16-32(23)20-11-7-18(28)8-12-20/h2-16,25-26H,17H2,1H3,(H,30,34)(H,31,36). The van der Waals surface area contributed by atoms with Gasteiger partial charge in [-0.15, -0.1) is 0 Å². The van der Waals surface area contributed by atoms with Crippen LogP contribution in [0.2, 0.25) is 0 Å². The molecule has 0 bridgehead atoms. The van der Waals surface area contributed by atoms with Crippen LogP contribution >= 0.6 is 28.1 Å². The van der Waals surface area contributed by atoms with E-state index in [9.17, 15) is 4.79 Å². The maximum atomic E-state index is 11.9. The predicted molar refractivity (Wildman–Crippen MR) is 148 cm³/mol. The molecule has 0 aliphatic carbocycles. The fraction of sp³-hybridized carbons (Fsp3) is 0.148. The minimum atomic E-state index is -0.205. The van der Waals surface area contributed by atoms with E-state index in [1.54, 1.807) is 6.20 Å². The molecule has 1 saturated heterocycles. The van der Waals surface area contributed by atoms with Gasteiger partial charge < -0.3 is 24.8 Å². The molecule has 7 nitrogen and oxygen atoms in total. The van der Waals surface area contributed by atoms with Gasteiger partial charge in [-0.1, -0.05) is 22.0 Å². The summed E-state index contributed by atoms with van der Waals surface area (Å²) >= 11 is 9.38. The molecule has 1 aliphatic rings. The van der Waals surface area contributed by atoms with Crippen molar-refractivity contribution in [2.75, 3.05) is 23.9 Å². The monoisotopic (exact) mass is 561 g/mol. The number of carbonyl (C=O) groups excluding carboxylic acids is 1. The van der Waals surface area contributed by atoms with Crippen LogP contribution < -0.4 is 15.5 Å². The number of hydrogen-bond acceptors (Lipinski definition) is 4. The molecule has 9 heteroatoms. The van der Waals surface area contributed by atoms with Gasteiger partial charge in [0.2, 0.25) is 5.91 Å². The van der Waals surface area contributed by atoms with E-state index in [1.165, 1.54) is 7.11 Å². The zero-order chi connectivity index (χ0) is 25.1. The zero-order valence-corrected chi connectivity index (χ0v) is 21.9. The van der Waals surface area contributed by atoms with Crippen molar-refractivity contribution in [3.05, 3.63) is 107 Å². The number of methoxy groups -OCH3 is 1. The maximum Gasteiger partial charge on any atom is 0.250 e. The molecule has 1 aliphatic heterocycles. The first-order valence-corrected chi connectivity index (χ1v) is 12.6. The van der Waals surface area contributed by atoms with Crippen LogP contribution in [0.4, 0.5) is 11.4 Å². The van der Waals surface area contributed by atoms with E-state index < -0.39 is 0 Å². The molecular weight excluding hydrogens is 538 g/mol. The molecule has 3 heterocycles. The van der Waals surface area contributed by atoms with Crippen molar-refractivity contribution in [2.24, 2.45) is 0 Å². The van der Waals surface area contributed by atoms with Gasteiger partial charge in [0.05, 0.1) is 11.7 Å². The minimum absolute atomic E-state index is 0.00274. The second kappa shape index (κ2) is 10.6. The third kappa shape index (κ3) is 4.90. The van der Waals surface area contributed by atoms with Gasteiger partial charge in [-0.3, -0.25) is 9.78 Å². The number of rotatable bonds is 7. The number of nitrogens with zero attached hydrogens (tertiary/aromatic N) is 3. The highest BCUT2D eigenvalue weighted by atomic mass is 79.9. The smallest absolute Gasteiger partial charge is 0.250 e. The van der Waals surface area contributed by atoms with E-state index >= 15 is 0 Å². The highest BCUT2D eigenvalue weighted by molar-refractivity contribution is 9.10. The van der Waals surface area contributed by atoms with Crippen molar-refractivity contribution in [1.82, 2.24) is 14.9 Å². The molecule has 182 valence electrons. The number of amides is 1. The molecule has 2 unspecified atom stereocenters. The second-order valence-corrected chi connectivity index (χ2v) is 9.61. The third-order valence-corrected chi connectivity index (χ3v) is 6.83. The van der Waals surface area contributed by atoms with Gasteiger partial charge in [-0.2, -0.15) is 0 Å². The first kappa shape index (κ1) is 24.2. The van der Waals surface area contributed by atoms with Gasteiger partial charge in [-0.25, -0.2) is 0 Å². The van der Waals surface area contributed by atoms with Crippen molar-refractivity contribution in [3.63, 3.8) is 0 Å². The third-order valence-electron chi connectivity index (χ3n) is 5.99. The summed E-state index contributed by atoms with van der Waals surface area (Å²) in [6.45, 7) is 0.00274. The number of anilines is 2. The van der Waals surface area contributed by atoms with Crippen molar-refractivity contribution >= 4 is 50.5 Å². The Morgan fingerprint density at radius 2 is 1.81 bits per heavy atom. The second-order valence-electron chi connectivity index (χ2n) is 8.30. The lowest BCUT2D eigenvalue weighted by Crippen LogP contribution is -2.30. The summed E-state index contributed by atoms with van der Waals surface area (Å²) in [6.07, 6.45) is 3.85. The molecule has 5 rings (SSSR count). The van der Waals surface area contributed by atoms with Crippen molar-refractivity contribution in [1.29, 1.82) is 0 Å². The summed E-state index contributed by atoms with van der Waals surface area (Å²) < 4.78 is 8.10. The SMILES string of the molecule is COCC(=O)Nc1ccc(N2C(=S)NC(c3ccccn3)C2c2cccn2-c2ccc(Br)cc2)cc1. The summed E-state index contributed by atoms with van der Waals surface area (Å²) in [7, 11) is 1.49. The van der Waals surface area contributed by atoms with Crippen molar-refractivity contribution in [2.45, 2.75) is 12.1 Å². The summed E-state index contributed by atoms with van der Waals surface area (Å²) in [5, 5.41) is 6.93. The van der Waals surface area contributed by atoms with Crippen LogP contribution in [0.15, 0.2) is 95.7 Å². The van der Waals surface area contributed by atoms with E-state index in [1.807, 2.05) is 60.7 Å². The van der Waals surface area contributed by atoms with Crippen LogP contribution in [-0.4, -0.2) is 34.3 Å². The number of hydrogen-bond donors (Lipinski definition) is 2. The van der Waals surface area contributed by atoms with Crippen molar-refractivity contribution < 1.29 is 9.53 Å². The van der Waals surface area contributed by atoms with Crippen LogP contribution in [0, 0.1) is 0 Å². The van der Waals surface area contributed by atoms with Crippen molar-refractivity contribution in [3.8, 4) is 5.69 Å². The van der Waals surface area contributed by atoms with Gasteiger partial charge in [0.1, 0.15) is 12.6 Å². The molecule has 0 radical (unpaired) electrons. The Balaban J connectivity index is 1.55. The molecule has 1 amide bonds. The largest absolute Gasteiger partial charge is 0.375 e. The van der Waals surface area contributed by atoms with Gasteiger partial charge in [-0.05, 0) is 85.0 Å². The lowest BCUT2D eigenvalue weighted by atomic mass is 10.0. The van der Waals surface area contributed by atoms with E-state index in [-0.39, 0.29) is 24.6 Å². The summed E-state index contributed by atoms with van der Waals surface area (Å²) in [5.74, 6) is -0.205. The lowest BCUT2D eigenvalue weighted by Gasteiger charge is -2.29. The molecule has 2 aromatic heterocycles. The summed E-state index contributed by atoms with van der Waals surface area (Å²) in [5.41, 5.74) is 4.61. The quantitative estimate of drug-likeness (QED) is 0.294. The van der Waals surface area contributed by atoms with Crippen LogP contribution in [0.3, 0.4) is 0 Å². The molecule has 0 saturated carbocycles. The summed E-state index contributed by atoms with van der Waals surface area (Å²) in [6, 6.07) is 25.6. The number of nitrogens with one attached hydrogen (secondary N) is 2. The molecule has 4 aromatic rings. The van der Waals surface area contributed by atoms with Gasteiger partial charge in [0.25, 0.3) is 0 Å². The van der Waals surface area contributed by atoms with Crippen LogP contribution in [0.25, 0.3) is 5.69 Å². The zero-order valence-electron chi connectivity index (χ0n) is 19.5. The molecule has 36 heavy (non-hydrogen) atoms. The number of pyridine rings is 1. The lowest BCUT2D eigenvalue weighted by molar-refractivity contribution is -0.119. The number of benzene rings is 2. The Kier molecular flexibility index (Phi) is 7.13. The topological polar surface area (TPSA) is 71.4 Å². The minimum Gasteiger partial charge on any atom is -0.375 e. The van der Waals surface area contributed by atoms with Crippen LogP contribution in [0.5, 0.6) is 0 Å². The molecule has 2 aromatic carbocycles. The Morgan fingerprint density at radius 1 is 1.06 bits per heavy atom. The van der Waals surface area contributed by atoms with Gasteiger partial charge in [0, 0.05) is 46.7 Å². The molecule has 0 spiro atoms. The van der Waals surface area contributed by atoms with Gasteiger partial charge in [0.15, 0.2) is 5.11 Å². The average molecular weight is 562 g/mol. The highest BCUT2D eigenvalue weighted by Gasteiger charge is 2.42. The van der Waals surface area contributed by atoms with Crippen LogP contribution in [0.1, 0.15) is 23.5 Å². The maximum absolute atomic E-state index is 11.9. The Hall–Kier alpha value is -3.53. The van der Waals surface area contributed by atoms with Gasteiger partial charge >= 0.3 is 0 Å². The van der Waals surface area contributed by atoms with E-state index in [2.05, 4.69) is 65.4 Å². The Labute approximate surface area is 223 Å².